The fraction of sp³-hybridized carbons (Fsp3) is 0.250. The molecule has 1 atom stereocenters. The van der Waals surface area contributed by atoms with Gasteiger partial charge in [0.2, 0.25) is 0 Å². The van der Waals surface area contributed by atoms with Gasteiger partial charge in [-0.2, -0.15) is 0 Å². The number of nitrogens with zero attached hydrogens (tertiary/aromatic N) is 2. The van der Waals surface area contributed by atoms with Crippen LogP contribution < -0.4 is 9.79 Å². The van der Waals surface area contributed by atoms with E-state index < -0.39 is 12.1 Å². The monoisotopic (exact) mass is 232 g/mol. The van der Waals surface area contributed by atoms with Crippen LogP contribution in [0.4, 0.5) is 0 Å². The van der Waals surface area contributed by atoms with Crippen LogP contribution in [0.5, 0.6) is 0 Å². The lowest BCUT2D eigenvalue weighted by Crippen LogP contribution is -2.44. The highest BCUT2D eigenvalue weighted by Gasteiger charge is 2.13. The highest BCUT2D eigenvalue weighted by atomic mass is 16.4. The molecule has 1 unspecified atom stereocenters. The Labute approximate surface area is 97.9 Å². The number of aliphatic hydroxyl groups is 1. The van der Waals surface area contributed by atoms with E-state index in [4.69, 9.17) is 0 Å². The van der Waals surface area contributed by atoms with E-state index >= 15 is 0 Å². The summed E-state index contributed by atoms with van der Waals surface area (Å²) in [5.74, 6) is -1.26. The van der Waals surface area contributed by atoms with Gasteiger partial charge in [0.15, 0.2) is 12.7 Å². The second-order valence-electron chi connectivity index (χ2n) is 3.83. The maximum atomic E-state index is 10.3. The summed E-state index contributed by atoms with van der Waals surface area (Å²) in [6.07, 6.45) is 0.334. The molecule has 0 bridgehead atoms. The van der Waals surface area contributed by atoms with E-state index in [9.17, 15) is 15.0 Å². The van der Waals surface area contributed by atoms with Gasteiger partial charge in [-0.15, -0.1) is 0 Å². The topological polar surface area (TPSA) is 77.1 Å². The molecular weight excluding hydrogens is 220 g/mol. The lowest BCUT2D eigenvalue weighted by molar-refractivity contribution is -0.757. The van der Waals surface area contributed by atoms with Crippen molar-refractivity contribution in [3.63, 3.8) is 0 Å². The van der Waals surface area contributed by atoms with Gasteiger partial charge in [0.05, 0.1) is 0 Å². The second kappa shape index (κ2) is 4.88. The molecule has 1 N–H and O–H groups in total. The standard InChI is InChI=1S/C12H12N2O3/c15-10(7-12(16)17)8-14-6-5-9-3-1-2-4-11(9)13-14/h1-6,10,15H,7-8H2. The molecule has 1 heterocycles. The molecule has 0 aliphatic rings. The number of benzene rings is 1. The highest BCUT2D eigenvalue weighted by molar-refractivity contribution is 5.76. The van der Waals surface area contributed by atoms with Crippen molar-refractivity contribution in [2.75, 3.05) is 0 Å². The molecule has 0 amide bonds. The van der Waals surface area contributed by atoms with Crippen molar-refractivity contribution in [1.82, 2.24) is 5.10 Å². The number of rotatable bonds is 4. The molecule has 0 aliphatic heterocycles. The Hall–Kier alpha value is -2.01. The van der Waals surface area contributed by atoms with Crippen LogP contribution >= 0.6 is 0 Å². The average molecular weight is 232 g/mol. The number of carbonyl (C=O) groups is 1. The molecule has 17 heavy (non-hydrogen) atoms. The first kappa shape index (κ1) is 11.5. The van der Waals surface area contributed by atoms with Crippen molar-refractivity contribution in [3.05, 3.63) is 36.5 Å². The summed E-state index contributed by atoms with van der Waals surface area (Å²) in [6, 6.07) is 9.45. The molecule has 5 heteroatoms. The number of aromatic nitrogens is 2. The summed E-state index contributed by atoms with van der Waals surface area (Å²) in [7, 11) is 0. The average Bonchev–Trinajstić information content (AvgIpc) is 2.27. The fourth-order valence-electron chi connectivity index (χ4n) is 1.63. The number of hydrogen-bond acceptors (Lipinski definition) is 4. The van der Waals surface area contributed by atoms with E-state index in [1.54, 1.807) is 6.20 Å². The summed E-state index contributed by atoms with van der Waals surface area (Å²) < 4.78 is 1.52. The minimum Gasteiger partial charge on any atom is -0.550 e. The van der Waals surface area contributed by atoms with Gasteiger partial charge in [0, 0.05) is 28.9 Å². The zero-order valence-electron chi connectivity index (χ0n) is 9.11. The number of fused-ring (bicyclic) bond motifs is 1. The molecule has 0 fully saturated rings. The van der Waals surface area contributed by atoms with Gasteiger partial charge in [-0.25, -0.2) is 0 Å². The first-order valence-electron chi connectivity index (χ1n) is 5.28. The maximum Gasteiger partial charge on any atom is 0.200 e. The summed E-state index contributed by atoms with van der Waals surface area (Å²) >= 11 is 0. The van der Waals surface area contributed by atoms with Crippen molar-refractivity contribution in [2.45, 2.75) is 19.1 Å². The molecule has 0 radical (unpaired) electrons. The van der Waals surface area contributed by atoms with Gasteiger partial charge in [0.1, 0.15) is 11.6 Å². The van der Waals surface area contributed by atoms with Crippen LogP contribution in [0, 0.1) is 0 Å². The molecular formula is C12H12N2O3. The van der Waals surface area contributed by atoms with E-state index in [0.717, 1.165) is 10.9 Å². The van der Waals surface area contributed by atoms with Crippen LogP contribution in [0.2, 0.25) is 0 Å². The molecule has 0 saturated carbocycles. The number of aliphatic hydroxyl groups excluding tert-OH is 1. The number of carboxylic acids is 1. The zero-order chi connectivity index (χ0) is 12.3. The SMILES string of the molecule is O=C([O-])CC(O)C[n+]1ccc2ccccc2n1. The molecule has 0 aliphatic carbocycles. The zero-order valence-corrected chi connectivity index (χ0v) is 9.11. The van der Waals surface area contributed by atoms with E-state index in [1.807, 2.05) is 30.3 Å². The molecule has 0 spiro atoms. The van der Waals surface area contributed by atoms with Crippen LogP contribution in [0.3, 0.4) is 0 Å². The molecule has 1 aromatic carbocycles. The third kappa shape index (κ3) is 2.98. The van der Waals surface area contributed by atoms with Crippen molar-refractivity contribution in [2.24, 2.45) is 0 Å². The smallest absolute Gasteiger partial charge is 0.200 e. The van der Waals surface area contributed by atoms with Crippen molar-refractivity contribution >= 4 is 16.9 Å². The van der Waals surface area contributed by atoms with Gasteiger partial charge >= 0.3 is 0 Å². The molecule has 5 nitrogen and oxygen atoms in total. The number of carbonyl (C=O) groups excluding carboxylic acids is 1. The lowest BCUT2D eigenvalue weighted by Gasteiger charge is -2.06. The Morgan fingerprint density at radius 1 is 1.41 bits per heavy atom. The van der Waals surface area contributed by atoms with E-state index in [1.165, 1.54) is 4.68 Å². The predicted molar refractivity (Wildman–Crippen MR) is 57.6 cm³/mol. The van der Waals surface area contributed by atoms with Crippen LogP contribution in [0.1, 0.15) is 6.42 Å². The Bertz CT molecular complexity index is 542. The van der Waals surface area contributed by atoms with Gasteiger partial charge in [0.25, 0.3) is 0 Å². The fourth-order valence-corrected chi connectivity index (χ4v) is 1.63. The molecule has 88 valence electrons. The Morgan fingerprint density at radius 3 is 2.94 bits per heavy atom. The van der Waals surface area contributed by atoms with Gasteiger partial charge in [-0.1, -0.05) is 22.9 Å². The number of carboxylic acid groups (broad SMARTS) is 1. The van der Waals surface area contributed by atoms with Crippen LogP contribution in [0.15, 0.2) is 36.5 Å². The minimum absolute atomic E-state index is 0.138. The Morgan fingerprint density at radius 2 is 2.18 bits per heavy atom. The van der Waals surface area contributed by atoms with E-state index in [0.29, 0.717) is 0 Å². The second-order valence-corrected chi connectivity index (χ2v) is 3.83. The quantitative estimate of drug-likeness (QED) is 0.688. The largest absolute Gasteiger partial charge is 0.550 e. The molecule has 2 rings (SSSR count). The molecule has 1 aromatic heterocycles. The first-order chi connectivity index (χ1) is 8.15. The third-order valence-corrected chi connectivity index (χ3v) is 2.40. The number of aliphatic carboxylic acids is 1. The minimum atomic E-state index is -1.26. The van der Waals surface area contributed by atoms with Gasteiger partial charge in [-0.3, -0.25) is 0 Å². The predicted octanol–water partition coefficient (Wildman–Crippen LogP) is -0.977. The van der Waals surface area contributed by atoms with Crippen LogP contribution in [-0.4, -0.2) is 22.3 Å². The Balaban J connectivity index is 2.16. The van der Waals surface area contributed by atoms with Crippen molar-refractivity contribution < 1.29 is 19.7 Å². The van der Waals surface area contributed by atoms with E-state index in [-0.39, 0.29) is 13.0 Å². The summed E-state index contributed by atoms with van der Waals surface area (Å²) in [5.41, 5.74) is 0.802. The third-order valence-electron chi connectivity index (χ3n) is 2.40. The first-order valence-corrected chi connectivity index (χ1v) is 5.28. The normalized spacial score (nSPS) is 12.5. The molecule has 2 aromatic rings. The van der Waals surface area contributed by atoms with Crippen LogP contribution in [0.25, 0.3) is 10.9 Å². The van der Waals surface area contributed by atoms with Crippen molar-refractivity contribution in [3.8, 4) is 0 Å². The lowest BCUT2D eigenvalue weighted by atomic mass is 10.2. The van der Waals surface area contributed by atoms with Gasteiger partial charge < -0.3 is 15.0 Å². The summed E-state index contributed by atoms with van der Waals surface area (Å²) in [6.45, 7) is 0.138. The molecule has 0 saturated heterocycles. The Kier molecular flexibility index (Phi) is 3.30. The number of hydrogen-bond donors (Lipinski definition) is 1. The van der Waals surface area contributed by atoms with Gasteiger partial charge in [-0.05, 0) is 6.07 Å². The van der Waals surface area contributed by atoms with Crippen molar-refractivity contribution in [1.29, 1.82) is 0 Å². The summed E-state index contributed by atoms with van der Waals surface area (Å²) in [4.78, 5) is 10.3. The van der Waals surface area contributed by atoms with Crippen LogP contribution in [-0.2, 0) is 11.3 Å². The van der Waals surface area contributed by atoms with E-state index in [2.05, 4.69) is 5.10 Å². The highest BCUT2D eigenvalue weighted by Crippen LogP contribution is 2.06. The summed E-state index contributed by atoms with van der Waals surface area (Å²) in [5, 5.41) is 25.0. The maximum absolute atomic E-state index is 10.3.